The Labute approximate surface area is 82.6 Å². The van der Waals surface area contributed by atoms with E-state index in [4.69, 9.17) is 15.2 Å². The van der Waals surface area contributed by atoms with Crippen LogP contribution in [0.15, 0.2) is 12.1 Å². The second-order valence-corrected chi connectivity index (χ2v) is 2.89. The van der Waals surface area contributed by atoms with E-state index >= 15 is 0 Å². The molecule has 0 aliphatic carbocycles. The van der Waals surface area contributed by atoms with Gasteiger partial charge in [0.15, 0.2) is 18.4 Å². The van der Waals surface area contributed by atoms with Gasteiger partial charge < -0.3 is 15.2 Å². The Morgan fingerprint density at radius 3 is 2.79 bits per heavy atom. The molecule has 0 aromatic heterocycles. The molecule has 0 saturated heterocycles. The van der Waals surface area contributed by atoms with Gasteiger partial charge in [0.05, 0.1) is 0 Å². The molecule has 0 aliphatic rings. The minimum Gasteiger partial charge on any atom is -0.464 e. The van der Waals surface area contributed by atoms with Crippen LogP contribution >= 0.6 is 0 Å². The summed E-state index contributed by atoms with van der Waals surface area (Å²) in [5, 5.41) is 0. The molecule has 4 heteroatoms. The molecule has 0 aliphatic heterocycles. The standard InChI is InChI=1S/C10H14FNO2/c1-3-13-6-14-10-4-7(2)9(12)5-8(10)11/h4-5H,3,6,12H2,1-2H3. The van der Waals surface area contributed by atoms with Crippen LogP contribution in [0.25, 0.3) is 0 Å². The van der Waals surface area contributed by atoms with Crippen LogP contribution in [0.2, 0.25) is 0 Å². The number of anilines is 1. The lowest BCUT2D eigenvalue weighted by atomic mass is 10.2. The third-order valence-corrected chi connectivity index (χ3v) is 1.82. The van der Waals surface area contributed by atoms with Crippen LogP contribution in [0.3, 0.4) is 0 Å². The predicted octanol–water partition coefficient (Wildman–Crippen LogP) is 2.09. The van der Waals surface area contributed by atoms with Crippen molar-refractivity contribution in [3.63, 3.8) is 0 Å². The van der Waals surface area contributed by atoms with Crippen molar-refractivity contribution in [2.24, 2.45) is 0 Å². The summed E-state index contributed by atoms with van der Waals surface area (Å²) in [7, 11) is 0. The number of hydrogen-bond acceptors (Lipinski definition) is 3. The molecule has 1 rings (SSSR count). The number of halogens is 1. The Hall–Kier alpha value is -1.29. The fraction of sp³-hybridized carbons (Fsp3) is 0.400. The molecule has 0 bridgehead atoms. The Morgan fingerprint density at radius 2 is 2.14 bits per heavy atom. The van der Waals surface area contributed by atoms with Gasteiger partial charge in [0.25, 0.3) is 0 Å². The number of rotatable bonds is 4. The van der Waals surface area contributed by atoms with E-state index in [-0.39, 0.29) is 12.5 Å². The zero-order valence-corrected chi connectivity index (χ0v) is 8.34. The number of benzene rings is 1. The van der Waals surface area contributed by atoms with E-state index in [1.807, 2.05) is 6.92 Å². The van der Waals surface area contributed by atoms with Crippen LogP contribution in [0.1, 0.15) is 12.5 Å². The maximum absolute atomic E-state index is 13.2. The number of nitrogen functional groups attached to an aromatic ring is 1. The SMILES string of the molecule is CCOCOc1cc(C)c(N)cc1F. The zero-order valence-electron chi connectivity index (χ0n) is 8.34. The fourth-order valence-corrected chi connectivity index (χ4v) is 0.970. The molecule has 0 heterocycles. The summed E-state index contributed by atoms with van der Waals surface area (Å²) in [6.07, 6.45) is 0. The van der Waals surface area contributed by atoms with Crippen LogP contribution in [0, 0.1) is 12.7 Å². The molecule has 2 N–H and O–H groups in total. The van der Waals surface area contributed by atoms with Crippen LogP contribution < -0.4 is 10.5 Å². The van der Waals surface area contributed by atoms with Gasteiger partial charge in [-0.2, -0.15) is 0 Å². The highest BCUT2D eigenvalue weighted by atomic mass is 19.1. The third-order valence-electron chi connectivity index (χ3n) is 1.82. The summed E-state index contributed by atoms with van der Waals surface area (Å²) in [4.78, 5) is 0. The highest BCUT2D eigenvalue weighted by molar-refractivity contribution is 5.50. The molecular formula is C10H14FNO2. The van der Waals surface area contributed by atoms with Gasteiger partial charge in [-0.15, -0.1) is 0 Å². The molecule has 1 aromatic carbocycles. The van der Waals surface area contributed by atoms with Crippen molar-refractivity contribution in [3.05, 3.63) is 23.5 Å². The highest BCUT2D eigenvalue weighted by Gasteiger charge is 2.06. The number of nitrogens with two attached hydrogens (primary N) is 1. The summed E-state index contributed by atoms with van der Waals surface area (Å²) in [5.41, 5.74) is 6.73. The van der Waals surface area contributed by atoms with Crippen LogP contribution in [-0.2, 0) is 4.74 Å². The lowest BCUT2D eigenvalue weighted by Gasteiger charge is -2.08. The minimum atomic E-state index is -0.465. The van der Waals surface area contributed by atoms with Gasteiger partial charge in [-0.3, -0.25) is 0 Å². The van der Waals surface area contributed by atoms with Crippen molar-refractivity contribution in [1.82, 2.24) is 0 Å². The number of ether oxygens (including phenoxy) is 2. The van der Waals surface area contributed by atoms with Crippen molar-refractivity contribution < 1.29 is 13.9 Å². The number of hydrogen-bond donors (Lipinski definition) is 1. The average Bonchev–Trinajstić information content (AvgIpc) is 2.14. The first-order chi connectivity index (χ1) is 6.65. The van der Waals surface area contributed by atoms with Crippen molar-refractivity contribution in [1.29, 1.82) is 0 Å². The highest BCUT2D eigenvalue weighted by Crippen LogP contribution is 2.23. The zero-order chi connectivity index (χ0) is 10.6. The third kappa shape index (κ3) is 2.60. The summed E-state index contributed by atoms with van der Waals surface area (Å²) in [5.74, 6) is -0.294. The van der Waals surface area contributed by atoms with E-state index in [1.54, 1.807) is 13.0 Å². The van der Waals surface area contributed by atoms with Crippen molar-refractivity contribution in [3.8, 4) is 5.75 Å². The summed E-state index contributed by atoms with van der Waals surface area (Å²) in [6.45, 7) is 4.22. The van der Waals surface area contributed by atoms with Gasteiger partial charge in [-0.25, -0.2) is 4.39 Å². The fourth-order valence-electron chi connectivity index (χ4n) is 0.970. The lowest BCUT2D eigenvalue weighted by molar-refractivity contribution is 0.0201. The number of aryl methyl sites for hydroxylation is 1. The molecule has 0 unspecified atom stereocenters. The summed E-state index contributed by atoms with van der Waals surface area (Å²) < 4.78 is 23.2. The van der Waals surface area contributed by atoms with E-state index in [9.17, 15) is 4.39 Å². The summed E-state index contributed by atoms with van der Waals surface area (Å²) >= 11 is 0. The molecule has 0 atom stereocenters. The van der Waals surface area contributed by atoms with Crippen molar-refractivity contribution in [2.75, 3.05) is 19.1 Å². The maximum Gasteiger partial charge on any atom is 0.189 e. The monoisotopic (exact) mass is 199 g/mol. The first-order valence-corrected chi connectivity index (χ1v) is 4.41. The Bertz CT molecular complexity index is 315. The Balaban J connectivity index is 2.72. The predicted molar refractivity (Wildman–Crippen MR) is 52.7 cm³/mol. The Morgan fingerprint density at radius 1 is 1.43 bits per heavy atom. The molecule has 0 amide bonds. The largest absolute Gasteiger partial charge is 0.464 e. The second kappa shape index (κ2) is 4.81. The van der Waals surface area contributed by atoms with Crippen molar-refractivity contribution >= 4 is 5.69 Å². The molecule has 14 heavy (non-hydrogen) atoms. The van der Waals surface area contributed by atoms with Crippen LogP contribution in [0.4, 0.5) is 10.1 Å². The van der Waals surface area contributed by atoms with Crippen LogP contribution in [0.5, 0.6) is 5.75 Å². The summed E-state index contributed by atoms with van der Waals surface area (Å²) in [6, 6.07) is 2.81. The normalized spacial score (nSPS) is 10.2. The molecule has 0 fully saturated rings. The quantitative estimate of drug-likeness (QED) is 0.458. The minimum absolute atomic E-state index is 0.0524. The molecule has 0 radical (unpaired) electrons. The van der Waals surface area contributed by atoms with Crippen molar-refractivity contribution in [2.45, 2.75) is 13.8 Å². The van der Waals surface area contributed by atoms with E-state index in [0.29, 0.717) is 12.3 Å². The second-order valence-electron chi connectivity index (χ2n) is 2.89. The first-order valence-electron chi connectivity index (χ1n) is 4.41. The van der Waals surface area contributed by atoms with E-state index in [1.165, 1.54) is 6.07 Å². The van der Waals surface area contributed by atoms with Gasteiger partial charge in [0.1, 0.15) is 0 Å². The molecule has 78 valence electrons. The van der Waals surface area contributed by atoms with E-state index in [2.05, 4.69) is 0 Å². The van der Waals surface area contributed by atoms with E-state index < -0.39 is 5.82 Å². The van der Waals surface area contributed by atoms with E-state index in [0.717, 1.165) is 5.56 Å². The van der Waals surface area contributed by atoms with Gasteiger partial charge >= 0.3 is 0 Å². The molecule has 0 saturated carbocycles. The lowest BCUT2D eigenvalue weighted by Crippen LogP contribution is -2.04. The average molecular weight is 199 g/mol. The maximum atomic E-state index is 13.2. The topological polar surface area (TPSA) is 44.5 Å². The van der Waals surface area contributed by atoms with Gasteiger partial charge in [-0.1, -0.05) is 0 Å². The molecular weight excluding hydrogens is 185 g/mol. The van der Waals surface area contributed by atoms with Gasteiger partial charge in [-0.05, 0) is 25.5 Å². The smallest absolute Gasteiger partial charge is 0.189 e. The van der Waals surface area contributed by atoms with Gasteiger partial charge in [0, 0.05) is 18.4 Å². The molecule has 1 aromatic rings. The van der Waals surface area contributed by atoms with Gasteiger partial charge in [0.2, 0.25) is 0 Å². The Kier molecular flexibility index (Phi) is 3.71. The molecule has 0 spiro atoms. The van der Waals surface area contributed by atoms with Crippen LogP contribution in [-0.4, -0.2) is 13.4 Å². The first kappa shape index (κ1) is 10.8. The molecule has 3 nitrogen and oxygen atoms in total.